The van der Waals surface area contributed by atoms with Gasteiger partial charge in [-0.1, -0.05) is 36.8 Å². The third-order valence-corrected chi connectivity index (χ3v) is 4.36. The Bertz CT molecular complexity index is 580. The maximum Gasteiger partial charge on any atom is 0.408 e. The van der Waals surface area contributed by atoms with Crippen LogP contribution in [-0.4, -0.2) is 41.6 Å². The Morgan fingerprint density at radius 1 is 1.20 bits per heavy atom. The molecule has 1 aromatic rings. The van der Waals surface area contributed by atoms with Crippen LogP contribution in [0.5, 0.6) is 0 Å². The summed E-state index contributed by atoms with van der Waals surface area (Å²) in [5, 5.41) is 2.66. The summed E-state index contributed by atoms with van der Waals surface area (Å²) in [6.07, 6.45) is 2.63. The van der Waals surface area contributed by atoms with Crippen molar-refractivity contribution in [3.05, 3.63) is 35.9 Å². The summed E-state index contributed by atoms with van der Waals surface area (Å²) in [6.45, 7) is 8.56. The zero-order valence-electron chi connectivity index (χ0n) is 15.7. The van der Waals surface area contributed by atoms with Crippen molar-refractivity contribution in [1.82, 2.24) is 10.2 Å². The Morgan fingerprint density at radius 2 is 1.88 bits per heavy atom. The Morgan fingerprint density at radius 3 is 2.52 bits per heavy atom. The molecule has 2 amide bonds. The second kappa shape index (κ2) is 8.37. The van der Waals surface area contributed by atoms with Gasteiger partial charge in [0.05, 0.1) is 0 Å². The summed E-state index contributed by atoms with van der Waals surface area (Å²) in [4.78, 5) is 26.6. The molecule has 2 rings (SSSR count). The van der Waals surface area contributed by atoms with Gasteiger partial charge in [-0.25, -0.2) is 4.79 Å². The summed E-state index contributed by atoms with van der Waals surface area (Å²) in [6, 6.07) is 9.75. The van der Waals surface area contributed by atoms with E-state index in [9.17, 15) is 9.59 Å². The summed E-state index contributed by atoms with van der Waals surface area (Å²) in [7, 11) is 0. The molecule has 1 heterocycles. The van der Waals surface area contributed by atoms with Gasteiger partial charge in [-0.05, 0) is 46.1 Å². The number of hydrogen-bond acceptors (Lipinski definition) is 3. The zero-order chi connectivity index (χ0) is 18.4. The van der Waals surface area contributed by atoms with E-state index in [1.807, 2.05) is 23.1 Å². The van der Waals surface area contributed by atoms with Gasteiger partial charge in [-0.3, -0.25) is 4.79 Å². The maximum atomic E-state index is 12.8. The quantitative estimate of drug-likeness (QED) is 0.908. The van der Waals surface area contributed by atoms with Crippen molar-refractivity contribution in [3.63, 3.8) is 0 Å². The maximum absolute atomic E-state index is 12.8. The van der Waals surface area contributed by atoms with Crippen LogP contribution in [0.25, 0.3) is 0 Å². The van der Waals surface area contributed by atoms with Crippen molar-refractivity contribution in [3.8, 4) is 0 Å². The monoisotopic (exact) mass is 346 g/mol. The van der Waals surface area contributed by atoms with Gasteiger partial charge in [0.15, 0.2) is 0 Å². The highest BCUT2D eigenvalue weighted by Crippen LogP contribution is 2.26. The van der Waals surface area contributed by atoms with Crippen molar-refractivity contribution >= 4 is 12.0 Å². The summed E-state index contributed by atoms with van der Waals surface area (Å²) < 4.78 is 5.24. The fourth-order valence-electron chi connectivity index (χ4n) is 3.16. The first-order chi connectivity index (χ1) is 11.8. The Kier molecular flexibility index (Phi) is 6.45. The van der Waals surface area contributed by atoms with Crippen LogP contribution in [0.1, 0.15) is 58.4 Å². The first-order valence-corrected chi connectivity index (χ1v) is 9.09. The van der Waals surface area contributed by atoms with Crippen molar-refractivity contribution in [2.45, 2.75) is 64.5 Å². The van der Waals surface area contributed by atoms with E-state index in [2.05, 4.69) is 17.4 Å². The van der Waals surface area contributed by atoms with E-state index in [0.29, 0.717) is 12.5 Å². The van der Waals surface area contributed by atoms with Gasteiger partial charge in [-0.2, -0.15) is 0 Å². The SMILES string of the molecule is C[C@H](NC(=O)OC(C)(C)C)C(=O)N1CCCC[C@@H](c2ccccc2)C1. The number of nitrogens with zero attached hydrogens (tertiary/aromatic N) is 1. The van der Waals surface area contributed by atoms with Gasteiger partial charge < -0.3 is 15.0 Å². The third-order valence-electron chi connectivity index (χ3n) is 4.36. The fraction of sp³-hybridized carbons (Fsp3) is 0.600. The van der Waals surface area contributed by atoms with E-state index in [0.717, 1.165) is 25.8 Å². The van der Waals surface area contributed by atoms with Crippen LogP contribution in [-0.2, 0) is 9.53 Å². The first-order valence-electron chi connectivity index (χ1n) is 9.09. The summed E-state index contributed by atoms with van der Waals surface area (Å²) in [5.74, 6) is 0.301. The van der Waals surface area contributed by atoms with E-state index in [1.54, 1.807) is 27.7 Å². The molecule has 1 aliphatic heterocycles. The molecule has 1 saturated heterocycles. The summed E-state index contributed by atoms with van der Waals surface area (Å²) in [5.41, 5.74) is 0.698. The number of likely N-dealkylation sites (tertiary alicyclic amines) is 1. The number of nitrogens with one attached hydrogen (secondary N) is 1. The van der Waals surface area contributed by atoms with Crippen molar-refractivity contribution in [2.75, 3.05) is 13.1 Å². The van der Waals surface area contributed by atoms with Crippen LogP contribution >= 0.6 is 0 Å². The van der Waals surface area contributed by atoms with Crippen LogP contribution in [0.2, 0.25) is 0 Å². The highest BCUT2D eigenvalue weighted by molar-refractivity contribution is 5.85. The van der Waals surface area contributed by atoms with Gasteiger partial charge in [0, 0.05) is 19.0 Å². The fourth-order valence-corrected chi connectivity index (χ4v) is 3.16. The standard InChI is InChI=1S/C20H30N2O3/c1-15(21-19(24)25-20(2,3)4)18(23)22-13-9-8-12-17(14-22)16-10-6-5-7-11-16/h5-7,10-11,15,17H,8-9,12-14H2,1-4H3,(H,21,24)/t15-,17+/m0/s1. The average molecular weight is 346 g/mol. The molecular weight excluding hydrogens is 316 g/mol. The number of alkyl carbamates (subject to hydrolysis) is 1. The molecule has 1 aromatic carbocycles. The largest absolute Gasteiger partial charge is 0.444 e. The number of carbonyl (C=O) groups is 2. The van der Waals surface area contributed by atoms with E-state index in [1.165, 1.54) is 5.56 Å². The predicted molar refractivity (Wildman–Crippen MR) is 98.4 cm³/mol. The molecule has 1 N–H and O–H groups in total. The van der Waals surface area contributed by atoms with Crippen LogP contribution in [0.3, 0.4) is 0 Å². The second-order valence-corrected chi connectivity index (χ2v) is 7.76. The lowest BCUT2D eigenvalue weighted by atomic mass is 9.94. The minimum absolute atomic E-state index is 0.0475. The second-order valence-electron chi connectivity index (χ2n) is 7.76. The first kappa shape index (κ1) is 19.3. The molecule has 0 aromatic heterocycles. The molecular formula is C20H30N2O3. The number of hydrogen-bond donors (Lipinski definition) is 1. The highest BCUT2D eigenvalue weighted by atomic mass is 16.6. The Hall–Kier alpha value is -2.04. The molecule has 0 radical (unpaired) electrons. The van der Waals surface area contributed by atoms with Gasteiger partial charge >= 0.3 is 6.09 Å². The molecule has 1 aliphatic rings. The normalized spacial score (nSPS) is 19.7. The van der Waals surface area contributed by atoms with Crippen LogP contribution in [0.4, 0.5) is 4.79 Å². The predicted octanol–water partition coefficient (Wildman–Crippen LogP) is 3.70. The van der Waals surface area contributed by atoms with Crippen LogP contribution in [0.15, 0.2) is 30.3 Å². The van der Waals surface area contributed by atoms with E-state index < -0.39 is 17.7 Å². The molecule has 5 heteroatoms. The minimum Gasteiger partial charge on any atom is -0.444 e. The number of carbonyl (C=O) groups excluding carboxylic acids is 2. The smallest absolute Gasteiger partial charge is 0.408 e. The zero-order valence-corrected chi connectivity index (χ0v) is 15.7. The van der Waals surface area contributed by atoms with Gasteiger partial charge in [0.1, 0.15) is 11.6 Å². The lowest BCUT2D eigenvalue weighted by molar-refractivity contribution is -0.133. The molecule has 0 saturated carbocycles. The molecule has 0 bridgehead atoms. The lowest BCUT2D eigenvalue weighted by Crippen LogP contribution is -2.49. The molecule has 2 atom stereocenters. The molecule has 25 heavy (non-hydrogen) atoms. The topological polar surface area (TPSA) is 58.6 Å². The minimum atomic E-state index is -0.593. The van der Waals surface area contributed by atoms with Gasteiger partial charge in [-0.15, -0.1) is 0 Å². The van der Waals surface area contributed by atoms with Crippen LogP contribution in [0, 0.1) is 0 Å². The third kappa shape index (κ3) is 6.07. The van der Waals surface area contributed by atoms with E-state index in [-0.39, 0.29) is 5.91 Å². The molecule has 1 fully saturated rings. The average Bonchev–Trinajstić information content (AvgIpc) is 2.79. The Balaban J connectivity index is 1.98. The number of benzene rings is 1. The van der Waals surface area contributed by atoms with Crippen molar-refractivity contribution in [2.24, 2.45) is 0 Å². The molecule has 0 aliphatic carbocycles. The van der Waals surface area contributed by atoms with E-state index >= 15 is 0 Å². The molecule has 5 nitrogen and oxygen atoms in total. The van der Waals surface area contributed by atoms with E-state index in [4.69, 9.17) is 4.74 Å². The molecule has 0 unspecified atom stereocenters. The van der Waals surface area contributed by atoms with Crippen LogP contribution < -0.4 is 5.32 Å². The summed E-state index contributed by atoms with van der Waals surface area (Å²) >= 11 is 0. The number of amides is 2. The molecule has 0 spiro atoms. The Labute approximate surface area is 150 Å². The highest BCUT2D eigenvalue weighted by Gasteiger charge is 2.28. The van der Waals surface area contributed by atoms with Gasteiger partial charge in [0.25, 0.3) is 0 Å². The van der Waals surface area contributed by atoms with Crippen molar-refractivity contribution < 1.29 is 14.3 Å². The lowest BCUT2D eigenvalue weighted by Gasteiger charge is -2.28. The van der Waals surface area contributed by atoms with Crippen molar-refractivity contribution in [1.29, 1.82) is 0 Å². The molecule has 138 valence electrons. The number of rotatable bonds is 3. The van der Waals surface area contributed by atoms with Gasteiger partial charge in [0.2, 0.25) is 5.91 Å². The number of ether oxygens (including phenoxy) is 1.